The maximum Gasteiger partial charge on any atom is 0.264 e. The van der Waals surface area contributed by atoms with Gasteiger partial charge in [0.15, 0.2) is 0 Å². The van der Waals surface area contributed by atoms with Gasteiger partial charge in [-0.15, -0.1) is 0 Å². The van der Waals surface area contributed by atoms with Crippen molar-refractivity contribution in [1.82, 2.24) is 10.2 Å². The van der Waals surface area contributed by atoms with Crippen LogP contribution in [0.5, 0.6) is 5.75 Å². The van der Waals surface area contributed by atoms with Crippen molar-refractivity contribution in [1.29, 1.82) is 0 Å². The summed E-state index contributed by atoms with van der Waals surface area (Å²) >= 11 is 0. The average Bonchev–Trinajstić information content (AvgIpc) is 3.00. The van der Waals surface area contributed by atoms with Crippen LogP contribution < -0.4 is 14.4 Å². The molecule has 43 heavy (non-hydrogen) atoms. The zero-order chi connectivity index (χ0) is 31.0. The second-order valence-corrected chi connectivity index (χ2v) is 12.4. The number of nitrogens with zero attached hydrogens (tertiary/aromatic N) is 2. The Morgan fingerprint density at radius 1 is 0.953 bits per heavy atom. The van der Waals surface area contributed by atoms with Crippen LogP contribution in [0, 0.1) is 11.6 Å². The molecule has 8 nitrogen and oxygen atoms in total. The topological polar surface area (TPSA) is 96.0 Å². The zero-order valence-corrected chi connectivity index (χ0v) is 25.2. The number of carbonyl (C=O) groups is 2. The Labute approximate surface area is 251 Å². The Kier molecular flexibility index (Phi) is 10.7. The predicted octanol–water partition coefficient (Wildman–Crippen LogP) is 5.43. The van der Waals surface area contributed by atoms with Gasteiger partial charge >= 0.3 is 0 Å². The Balaban J connectivity index is 1.68. The standard InChI is InChI=1S/C32H37F2N3O5S/c1-3-42-28-17-15-27(16-18-28)37(43(40,41)29-19-13-25(33)14-20-29)22-31(38)36(21-24-9-7-8-12-30(24)34)23(2)32(39)35-26-10-5-4-6-11-26/h7-9,12-20,23,26H,3-6,10-11,21-22H2,1-2H3,(H,35,39)/t23-/m0/s1. The highest BCUT2D eigenvalue weighted by Crippen LogP contribution is 2.27. The summed E-state index contributed by atoms with van der Waals surface area (Å²) in [4.78, 5) is 28.3. The van der Waals surface area contributed by atoms with Gasteiger partial charge in [-0.05, 0) is 81.3 Å². The van der Waals surface area contributed by atoms with Gasteiger partial charge in [-0.1, -0.05) is 37.5 Å². The highest BCUT2D eigenvalue weighted by atomic mass is 32.2. The van der Waals surface area contributed by atoms with E-state index in [9.17, 15) is 26.8 Å². The fourth-order valence-corrected chi connectivity index (χ4v) is 6.51. The number of anilines is 1. The molecule has 1 atom stereocenters. The van der Waals surface area contributed by atoms with E-state index in [-0.39, 0.29) is 28.7 Å². The molecule has 2 amide bonds. The van der Waals surface area contributed by atoms with Crippen LogP contribution in [0.3, 0.4) is 0 Å². The third-order valence-corrected chi connectivity index (χ3v) is 9.32. The molecule has 0 aromatic heterocycles. The van der Waals surface area contributed by atoms with Crippen molar-refractivity contribution in [3.8, 4) is 5.75 Å². The predicted molar refractivity (Wildman–Crippen MR) is 160 cm³/mol. The molecule has 1 aliphatic carbocycles. The molecule has 1 N–H and O–H groups in total. The van der Waals surface area contributed by atoms with Crippen LogP contribution in [0.1, 0.15) is 51.5 Å². The minimum absolute atomic E-state index is 0.0201. The molecule has 0 aliphatic heterocycles. The molecular weight excluding hydrogens is 576 g/mol. The maximum absolute atomic E-state index is 14.7. The van der Waals surface area contributed by atoms with Crippen LogP contribution in [0.2, 0.25) is 0 Å². The van der Waals surface area contributed by atoms with Crippen LogP contribution in [0.15, 0.2) is 77.7 Å². The van der Waals surface area contributed by atoms with Gasteiger partial charge in [0.2, 0.25) is 11.8 Å². The first-order valence-electron chi connectivity index (χ1n) is 14.4. The molecule has 0 heterocycles. The smallest absolute Gasteiger partial charge is 0.264 e. The molecule has 3 aromatic rings. The molecule has 1 aliphatic rings. The lowest BCUT2D eigenvalue weighted by Crippen LogP contribution is -2.53. The van der Waals surface area contributed by atoms with Gasteiger partial charge in [-0.2, -0.15) is 0 Å². The van der Waals surface area contributed by atoms with E-state index in [0.29, 0.717) is 12.4 Å². The van der Waals surface area contributed by atoms with Crippen molar-refractivity contribution < 1.29 is 31.5 Å². The molecule has 230 valence electrons. The van der Waals surface area contributed by atoms with Crippen LogP contribution in [-0.2, 0) is 26.2 Å². The van der Waals surface area contributed by atoms with Gasteiger partial charge in [0.1, 0.15) is 30.0 Å². The molecule has 0 bridgehead atoms. The van der Waals surface area contributed by atoms with Crippen molar-refractivity contribution in [2.24, 2.45) is 0 Å². The summed E-state index contributed by atoms with van der Waals surface area (Å²) in [5.41, 5.74) is 0.341. The molecule has 11 heteroatoms. The summed E-state index contributed by atoms with van der Waals surface area (Å²) in [5.74, 6) is -1.77. The lowest BCUT2D eigenvalue weighted by molar-refractivity contribution is -0.139. The van der Waals surface area contributed by atoms with Crippen LogP contribution in [0.4, 0.5) is 14.5 Å². The molecule has 4 rings (SSSR count). The van der Waals surface area contributed by atoms with Crippen molar-refractivity contribution in [2.45, 2.75) is 69.5 Å². The minimum atomic E-state index is -4.37. The van der Waals surface area contributed by atoms with Crippen molar-refractivity contribution in [3.63, 3.8) is 0 Å². The minimum Gasteiger partial charge on any atom is -0.494 e. The maximum atomic E-state index is 14.7. The molecule has 0 radical (unpaired) electrons. The van der Waals surface area contributed by atoms with E-state index in [1.807, 2.05) is 6.92 Å². The first-order valence-corrected chi connectivity index (χ1v) is 15.9. The van der Waals surface area contributed by atoms with Crippen molar-refractivity contribution >= 4 is 27.5 Å². The van der Waals surface area contributed by atoms with E-state index in [1.54, 1.807) is 25.1 Å². The molecule has 0 saturated heterocycles. The summed E-state index contributed by atoms with van der Waals surface area (Å²) in [6, 6.07) is 15.3. The number of sulfonamides is 1. The number of halogens is 2. The lowest BCUT2D eigenvalue weighted by Gasteiger charge is -2.33. The van der Waals surface area contributed by atoms with Crippen LogP contribution in [-0.4, -0.2) is 50.4 Å². The SMILES string of the molecule is CCOc1ccc(N(CC(=O)N(Cc2ccccc2F)[C@@H](C)C(=O)NC2CCCCC2)S(=O)(=O)c2ccc(F)cc2)cc1. The van der Waals surface area contributed by atoms with Crippen LogP contribution >= 0.6 is 0 Å². The summed E-state index contributed by atoms with van der Waals surface area (Å²) in [7, 11) is -4.37. The highest BCUT2D eigenvalue weighted by Gasteiger charge is 2.33. The fourth-order valence-electron chi connectivity index (χ4n) is 5.10. The number of ether oxygens (including phenoxy) is 1. The quantitative estimate of drug-likeness (QED) is 0.294. The summed E-state index contributed by atoms with van der Waals surface area (Å²) in [5, 5.41) is 3.01. The van der Waals surface area contributed by atoms with E-state index in [1.165, 1.54) is 35.2 Å². The Hall–Kier alpha value is -3.99. The number of hydrogen-bond acceptors (Lipinski definition) is 5. The third-order valence-electron chi connectivity index (χ3n) is 7.53. The Morgan fingerprint density at radius 2 is 1.60 bits per heavy atom. The number of carbonyl (C=O) groups excluding carboxylic acids is 2. The molecule has 0 spiro atoms. The van der Waals surface area contributed by atoms with Crippen molar-refractivity contribution in [3.05, 3.63) is 90.0 Å². The van der Waals surface area contributed by atoms with E-state index in [4.69, 9.17) is 4.74 Å². The van der Waals surface area contributed by atoms with Gasteiger partial charge in [-0.25, -0.2) is 17.2 Å². The normalized spacial score (nSPS) is 14.5. The van der Waals surface area contributed by atoms with E-state index in [2.05, 4.69) is 5.32 Å². The summed E-state index contributed by atoms with van der Waals surface area (Å²) in [6.07, 6.45) is 4.76. The first kappa shape index (κ1) is 31.9. The van der Waals surface area contributed by atoms with Crippen LogP contribution in [0.25, 0.3) is 0 Å². The summed E-state index contributed by atoms with van der Waals surface area (Å²) < 4.78 is 62.5. The highest BCUT2D eigenvalue weighted by molar-refractivity contribution is 7.92. The van der Waals surface area contributed by atoms with E-state index < -0.39 is 46.1 Å². The third kappa shape index (κ3) is 8.10. The van der Waals surface area contributed by atoms with E-state index >= 15 is 0 Å². The monoisotopic (exact) mass is 613 g/mol. The molecule has 3 aromatic carbocycles. The van der Waals surface area contributed by atoms with Gasteiger partial charge in [0.25, 0.3) is 10.0 Å². The fraction of sp³-hybridized carbons (Fsp3) is 0.375. The van der Waals surface area contributed by atoms with Gasteiger partial charge in [0, 0.05) is 18.2 Å². The Bertz CT molecular complexity index is 1490. The number of amides is 2. The number of hydrogen-bond donors (Lipinski definition) is 1. The Morgan fingerprint density at radius 3 is 2.23 bits per heavy atom. The van der Waals surface area contributed by atoms with Gasteiger partial charge < -0.3 is 15.0 Å². The second kappa shape index (κ2) is 14.5. The van der Waals surface area contributed by atoms with E-state index in [0.717, 1.165) is 60.7 Å². The number of rotatable bonds is 12. The molecule has 1 saturated carbocycles. The lowest BCUT2D eigenvalue weighted by atomic mass is 9.95. The van der Waals surface area contributed by atoms with Crippen molar-refractivity contribution in [2.75, 3.05) is 17.5 Å². The summed E-state index contributed by atoms with van der Waals surface area (Å²) in [6.45, 7) is 2.82. The first-order chi connectivity index (χ1) is 20.6. The average molecular weight is 614 g/mol. The van der Waals surface area contributed by atoms with Gasteiger partial charge in [-0.3, -0.25) is 13.9 Å². The largest absolute Gasteiger partial charge is 0.494 e. The number of nitrogens with one attached hydrogen (secondary N) is 1. The molecular formula is C32H37F2N3O5S. The molecule has 1 fully saturated rings. The number of benzene rings is 3. The molecule has 0 unspecified atom stereocenters. The van der Waals surface area contributed by atoms with Gasteiger partial charge in [0.05, 0.1) is 17.2 Å². The zero-order valence-electron chi connectivity index (χ0n) is 24.3. The second-order valence-electron chi connectivity index (χ2n) is 10.5.